The average Bonchev–Trinajstić information content (AvgIpc) is 1.82. The van der Waals surface area contributed by atoms with E-state index in [-0.39, 0.29) is 11.9 Å². The molecule has 0 amide bonds. The summed E-state index contributed by atoms with van der Waals surface area (Å²) in [5.74, 6) is 0. The molecule has 54 valence electrons. The summed E-state index contributed by atoms with van der Waals surface area (Å²) >= 11 is 1.53. The van der Waals surface area contributed by atoms with Crippen LogP contribution < -0.4 is 5.73 Å². The molecule has 0 aliphatic carbocycles. The summed E-state index contributed by atoms with van der Waals surface area (Å²) < 4.78 is 0. The van der Waals surface area contributed by atoms with Crippen LogP contribution in [0.15, 0.2) is 11.5 Å². The van der Waals surface area contributed by atoms with Gasteiger partial charge in [-0.05, 0) is 11.8 Å². The first kappa shape index (κ1) is 9.01. The summed E-state index contributed by atoms with van der Waals surface area (Å²) in [6, 6.07) is 0. The Balaban J connectivity index is 3.43. The minimum Gasteiger partial charge on any atom is -0.395 e. The quantitative estimate of drug-likeness (QED) is 0.611. The van der Waals surface area contributed by atoms with E-state index in [9.17, 15) is 0 Å². The van der Waals surface area contributed by atoms with Gasteiger partial charge in [0.2, 0.25) is 0 Å². The lowest BCUT2D eigenvalue weighted by atomic mass is 10.5. The second-order valence-corrected chi connectivity index (χ2v) is 3.46. The van der Waals surface area contributed by atoms with Crippen molar-refractivity contribution < 1.29 is 5.11 Å². The average molecular weight is 147 g/mol. The lowest BCUT2D eigenvalue weighted by Gasteiger charge is -2.08. The molecule has 3 N–H and O–H groups in total. The monoisotopic (exact) mass is 147 g/mol. The highest BCUT2D eigenvalue weighted by atomic mass is 32.2. The predicted molar refractivity (Wildman–Crippen MR) is 42.3 cm³/mol. The van der Waals surface area contributed by atoms with Crippen molar-refractivity contribution in [3.05, 3.63) is 11.5 Å². The molecule has 0 aromatic heterocycles. The molecule has 0 spiro atoms. The van der Waals surface area contributed by atoms with E-state index in [1.165, 1.54) is 11.8 Å². The molecule has 0 aliphatic rings. The maximum absolute atomic E-state index is 8.63. The molecule has 3 heteroatoms. The van der Waals surface area contributed by atoms with Crippen LogP contribution in [0.4, 0.5) is 0 Å². The van der Waals surface area contributed by atoms with E-state index < -0.39 is 0 Å². The van der Waals surface area contributed by atoms with Gasteiger partial charge < -0.3 is 10.8 Å². The topological polar surface area (TPSA) is 46.2 Å². The minimum atomic E-state index is 0.127. The third-order valence-electron chi connectivity index (χ3n) is 0.834. The van der Waals surface area contributed by atoms with E-state index >= 15 is 0 Å². The highest BCUT2D eigenvalue weighted by molar-refractivity contribution is 8.03. The van der Waals surface area contributed by atoms with Crippen molar-refractivity contribution in [1.82, 2.24) is 0 Å². The van der Waals surface area contributed by atoms with Crippen LogP contribution in [0.1, 0.15) is 6.92 Å². The zero-order chi connectivity index (χ0) is 7.28. The molecule has 0 bridgehead atoms. The molecule has 0 saturated carbocycles. The van der Waals surface area contributed by atoms with Crippen LogP contribution in [-0.2, 0) is 0 Å². The number of nitrogens with two attached hydrogens (primary N) is 1. The Morgan fingerprint density at radius 1 is 1.89 bits per heavy atom. The second-order valence-electron chi connectivity index (χ2n) is 1.86. The summed E-state index contributed by atoms with van der Waals surface area (Å²) in [5, 5.41) is 8.76. The Labute approximate surface area is 60.1 Å². The maximum Gasteiger partial charge on any atom is 0.0565 e. The predicted octanol–water partition coefficient (Wildman–Crippen LogP) is 0.573. The molecule has 2 nitrogen and oxygen atoms in total. The Hall–Kier alpha value is 0.01000. The van der Waals surface area contributed by atoms with Crippen molar-refractivity contribution in [3.8, 4) is 0 Å². The Bertz CT molecular complexity index is 91.1. The van der Waals surface area contributed by atoms with Crippen molar-refractivity contribution in [1.29, 1.82) is 0 Å². The molecular formula is C6H13NOS. The third kappa shape index (κ3) is 4.51. The normalized spacial score (nSPS) is 13.2. The number of hydrogen-bond donors (Lipinski definition) is 2. The highest BCUT2D eigenvalue weighted by Crippen LogP contribution is 2.17. The molecular weight excluding hydrogens is 134 g/mol. The van der Waals surface area contributed by atoms with Gasteiger partial charge in [0.1, 0.15) is 0 Å². The zero-order valence-electron chi connectivity index (χ0n) is 5.63. The lowest BCUT2D eigenvalue weighted by Crippen LogP contribution is -2.20. The van der Waals surface area contributed by atoms with Gasteiger partial charge in [-0.2, -0.15) is 0 Å². The van der Waals surface area contributed by atoms with Crippen molar-refractivity contribution in [2.75, 3.05) is 13.2 Å². The van der Waals surface area contributed by atoms with Gasteiger partial charge in [0.25, 0.3) is 0 Å². The van der Waals surface area contributed by atoms with E-state index in [0.29, 0.717) is 6.54 Å². The van der Waals surface area contributed by atoms with E-state index in [1.54, 1.807) is 0 Å². The van der Waals surface area contributed by atoms with Crippen molar-refractivity contribution >= 4 is 11.8 Å². The minimum absolute atomic E-state index is 0.127. The van der Waals surface area contributed by atoms with E-state index in [1.807, 2.05) is 6.92 Å². The SMILES string of the molecule is C=C(C)S[C@H](CN)CO. The number of hydrogen-bond acceptors (Lipinski definition) is 3. The van der Waals surface area contributed by atoms with Gasteiger partial charge in [0.05, 0.1) is 6.61 Å². The van der Waals surface area contributed by atoms with E-state index in [4.69, 9.17) is 10.8 Å². The first-order valence-electron chi connectivity index (χ1n) is 2.83. The van der Waals surface area contributed by atoms with Gasteiger partial charge in [0.15, 0.2) is 0 Å². The third-order valence-corrected chi connectivity index (χ3v) is 1.91. The number of thioether (sulfide) groups is 1. The van der Waals surface area contributed by atoms with E-state index in [0.717, 1.165) is 4.91 Å². The van der Waals surface area contributed by atoms with Crippen LogP contribution in [0.3, 0.4) is 0 Å². The molecule has 0 aromatic rings. The van der Waals surface area contributed by atoms with Gasteiger partial charge >= 0.3 is 0 Å². The number of allylic oxidation sites excluding steroid dienone is 1. The van der Waals surface area contributed by atoms with Crippen molar-refractivity contribution in [3.63, 3.8) is 0 Å². The largest absolute Gasteiger partial charge is 0.395 e. The van der Waals surface area contributed by atoms with E-state index in [2.05, 4.69) is 6.58 Å². The standard InChI is InChI=1S/C6H13NOS/c1-5(2)9-6(3-7)4-8/h6,8H,1,3-4,7H2,2H3/t6-/m1/s1. The molecule has 1 atom stereocenters. The molecule has 0 unspecified atom stereocenters. The molecule has 0 saturated heterocycles. The van der Waals surface area contributed by atoms with Gasteiger partial charge in [-0.1, -0.05) is 6.58 Å². The smallest absolute Gasteiger partial charge is 0.0565 e. The molecule has 0 aromatic carbocycles. The van der Waals surface area contributed by atoms with Gasteiger partial charge in [-0.15, -0.1) is 11.8 Å². The van der Waals surface area contributed by atoms with Crippen molar-refractivity contribution in [2.24, 2.45) is 5.73 Å². The first-order valence-corrected chi connectivity index (χ1v) is 3.71. The molecule has 0 heterocycles. The molecule has 0 fully saturated rings. The molecule has 0 rings (SSSR count). The van der Waals surface area contributed by atoms with Crippen LogP contribution in [0, 0.1) is 0 Å². The molecule has 0 radical (unpaired) electrons. The highest BCUT2D eigenvalue weighted by Gasteiger charge is 2.03. The zero-order valence-corrected chi connectivity index (χ0v) is 6.45. The molecule has 0 aliphatic heterocycles. The number of aliphatic hydroxyl groups is 1. The first-order chi connectivity index (χ1) is 4.20. The molecule has 9 heavy (non-hydrogen) atoms. The van der Waals surface area contributed by atoms with Crippen LogP contribution in [0.5, 0.6) is 0 Å². The summed E-state index contributed by atoms with van der Waals surface area (Å²) in [6.45, 7) is 6.23. The Morgan fingerprint density at radius 3 is 2.56 bits per heavy atom. The Kier molecular flexibility index (Phi) is 4.85. The summed E-state index contributed by atoms with van der Waals surface area (Å²) in [7, 11) is 0. The number of aliphatic hydroxyl groups excluding tert-OH is 1. The van der Waals surface area contributed by atoms with Crippen LogP contribution in [0.2, 0.25) is 0 Å². The van der Waals surface area contributed by atoms with Gasteiger partial charge in [-0.25, -0.2) is 0 Å². The lowest BCUT2D eigenvalue weighted by molar-refractivity contribution is 0.296. The van der Waals surface area contributed by atoms with Gasteiger partial charge in [-0.3, -0.25) is 0 Å². The second kappa shape index (κ2) is 4.85. The fraction of sp³-hybridized carbons (Fsp3) is 0.667. The van der Waals surface area contributed by atoms with Crippen molar-refractivity contribution in [2.45, 2.75) is 12.2 Å². The maximum atomic E-state index is 8.63. The number of rotatable bonds is 4. The van der Waals surface area contributed by atoms with Crippen LogP contribution in [0.25, 0.3) is 0 Å². The fourth-order valence-corrected chi connectivity index (χ4v) is 1.18. The van der Waals surface area contributed by atoms with Crippen LogP contribution in [-0.4, -0.2) is 23.5 Å². The van der Waals surface area contributed by atoms with Crippen LogP contribution >= 0.6 is 11.8 Å². The fourth-order valence-electron chi connectivity index (χ4n) is 0.444. The summed E-state index contributed by atoms with van der Waals surface area (Å²) in [6.07, 6.45) is 0. The summed E-state index contributed by atoms with van der Waals surface area (Å²) in [4.78, 5) is 1.000. The summed E-state index contributed by atoms with van der Waals surface area (Å²) in [5.41, 5.74) is 5.31. The van der Waals surface area contributed by atoms with Gasteiger partial charge in [0, 0.05) is 11.8 Å². The Morgan fingerprint density at radius 2 is 2.44 bits per heavy atom.